The van der Waals surface area contributed by atoms with Crippen LogP contribution in [0.2, 0.25) is 0 Å². The van der Waals surface area contributed by atoms with Gasteiger partial charge in [0, 0.05) is 4.47 Å². The van der Waals surface area contributed by atoms with E-state index >= 15 is 0 Å². The smallest absolute Gasteiger partial charge is 0.119 e. The average molecular weight is 301 g/mol. The summed E-state index contributed by atoms with van der Waals surface area (Å²) in [5.41, 5.74) is 0.910. The first-order valence-corrected chi connectivity index (χ1v) is 6.85. The van der Waals surface area contributed by atoms with Crippen LogP contribution in [-0.4, -0.2) is 12.2 Å². The Balaban J connectivity index is 2.64. The largest absolute Gasteiger partial charge is 0.497 e. The second-order valence-corrected chi connectivity index (χ2v) is 5.58. The lowest BCUT2D eigenvalue weighted by Crippen LogP contribution is -2.00. The van der Waals surface area contributed by atoms with E-state index in [-0.39, 0.29) is 0 Å². The van der Waals surface area contributed by atoms with Crippen molar-refractivity contribution < 1.29 is 9.84 Å². The first-order valence-electron chi connectivity index (χ1n) is 6.06. The van der Waals surface area contributed by atoms with Crippen LogP contribution in [0.3, 0.4) is 0 Å². The van der Waals surface area contributed by atoms with Crippen LogP contribution in [0.1, 0.15) is 44.8 Å². The highest BCUT2D eigenvalue weighted by Crippen LogP contribution is 2.30. The maximum atomic E-state index is 10.1. The van der Waals surface area contributed by atoms with Gasteiger partial charge in [-0.05, 0) is 36.1 Å². The molecule has 0 aliphatic heterocycles. The van der Waals surface area contributed by atoms with Crippen LogP contribution in [0, 0.1) is 5.92 Å². The molecular weight excluding hydrogens is 280 g/mol. The molecule has 17 heavy (non-hydrogen) atoms. The molecule has 1 atom stereocenters. The van der Waals surface area contributed by atoms with E-state index in [9.17, 15) is 5.11 Å². The fourth-order valence-electron chi connectivity index (χ4n) is 1.78. The monoisotopic (exact) mass is 300 g/mol. The predicted octanol–water partition coefficient (Wildman–Crippen LogP) is 4.32. The van der Waals surface area contributed by atoms with Crippen molar-refractivity contribution in [3.05, 3.63) is 28.2 Å². The summed E-state index contributed by atoms with van der Waals surface area (Å²) in [5, 5.41) is 10.1. The van der Waals surface area contributed by atoms with E-state index in [1.54, 1.807) is 7.11 Å². The lowest BCUT2D eigenvalue weighted by Gasteiger charge is -2.14. The van der Waals surface area contributed by atoms with Crippen LogP contribution >= 0.6 is 15.9 Å². The Bertz CT molecular complexity index is 350. The molecule has 1 aromatic carbocycles. The molecule has 0 bridgehead atoms. The van der Waals surface area contributed by atoms with Crippen molar-refractivity contribution in [3.63, 3.8) is 0 Å². The third kappa shape index (κ3) is 4.68. The fourth-order valence-corrected chi connectivity index (χ4v) is 2.29. The van der Waals surface area contributed by atoms with Crippen LogP contribution in [0.4, 0.5) is 0 Å². The minimum absolute atomic E-state index is 0.418. The molecule has 0 amide bonds. The molecular formula is C14H21BrO2. The quantitative estimate of drug-likeness (QED) is 0.848. The molecule has 1 rings (SSSR count). The zero-order chi connectivity index (χ0) is 12.8. The summed E-state index contributed by atoms with van der Waals surface area (Å²) in [5.74, 6) is 1.47. The Morgan fingerprint density at radius 3 is 2.59 bits per heavy atom. The minimum atomic E-state index is -0.418. The first kappa shape index (κ1) is 14.5. The molecule has 0 saturated carbocycles. The van der Waals surface area contributed by atoms with Gasteiger partial charge >= 0.3 is 0 Å². The van der Waals surface area contributed by atoms with Gasteiger partial charge in [0.05, 0.1) is 13.2 Å². The van der Waals surface area contributed by atoms with E-state index < -0.39 is 6.10 Å². The number of hydrogen-bond donors (Lipinski definition) is 1. The second kappa shape index (κ2) is 7.02. The van der Waals surface area contributed by atoms with Gasteiger partial charge in [-0.1, -0.05) is 42.6 Å². The van der Waals surface area contributed by atoms with E-state index in [0.717, 1.165) is 35.0 Å². The molecule has 0 fully saturated rings. The third-order valence-corrected chi connectivity index (χ3v) is 3.54. The van der Waals surface area contributed by atoms with Gasteiger partial charge in [-0.3, -0.25) is 0 Å². The number of aliphatic hydroxyl groups is 1. The highest BCUT2D eigenvalue weighted by atomic mass is 79.9. The van der Waals surface area contributed by atoms with Crippen LogP contribution < -0.4 is 4.74 Å². The molecule has 0 aliphatic carbocycles. The summed E-state index contributed by atoms with van der Waals surface area (Å²) in [6, 6.07) is 5.69. The van der Waals surface area contributed by atoms with Crippen molar-refractivity contribution in [2.75, 3.05) is 7.11 Å². The van der Waals surface area contributed by atoms with Gasteiger partial charge in [0.15, 0.2) is 0 Å². The lowest BCUT2D eigenvalue weighted by molar-refractivity contribution is 0.161. The van der Waals surface area contributed by atoms with E-state index in [1.807, 2.05) is 18.2 Å². The van der Waals surface area contributed by atoms with Gasteiger partial charge in [0.2, 0.25) is 0 Å². The summed E-state index contributed by atoms with van der Waals surface area (Å²) >= 11 is 3.47. The van der Waals surface area contributed by atoms with Crippen molar-refractivity contribution >= 4 is 15.9 Å². The molecule has 0 saturated heterocycles. The number of hydrogen-bond acceptors (Lipinski definition) is 2. The van der Waals surface area contributed by atoms with E-state index in [2.05, 4.69) is 29.8 Å². The maximum Gasteiger partial charge on any atom is 0.119 e. The van der Waals surface area contributed by atoms with Gasteiger partial charge in [0.25, 0.3) is 0 Å². The highest BCUT2D eigenvalue weighted by molar-refractivity contribution is 9.10. The first-order chi connectivity index (χ1) is 8.04. The van der Waals surface area contributed by atoms with Crippen molar-refractivity contribution in [3.8, 4) is 5.75 Å². The second-order valence-electron chi connectivity index (χ2n) is 4.73. The molecule has 3 heteroatoms. The molecule has 1 N–H and O–H groups in total. The Morgan fingerprint density at radius 1 is 1.29 bits per heavy atom. The van der Waals surface area contributed by atoms with Gasteiger partial charge < -0.3 is 9.84 Å². The number of methoxy groups -OCH3 is 1. The van der Waals surface area contributed by atoms with E-state index in [1.165, 1.54) is 0 Å². The minimum Gasteiger partial charge on any atom is -0.497 e. The van der Waals surface area contributed by atoms with Gasteiger partial charge in [-0.25, -0.2) is 0 Å². The highest BCUT2D eigenvalue weighted by Gasteiger charge is 2.12. The van der Waals surface area contributed by atoms with Gasteiger partial charge in [0.1, 0.15) is 5.75 Å². The molecule has 0 heterocycles. The summed E-state index contributed by atoms with van der Waals surface area (Å²) in [7, 11) is 1.64. The summed E-state index contributed by atoms with van der Waals surface area (Å²) in [6.45, 7) is 4.40. The number of aliphatic hydroxyl groups excluding tert-OH is 1. The molecule has 0 spiro atoms. The van der Waals surface area contributed by atoms with E-state index in [0.29, 0.717) is 5.92 Å². The molecule has 96 valence electrons. The van der Waals surface area contributed by atoms with Crippen molar-refractivity contribution in [2.45, 2.75) is 39.2 Å². The summed E-state index contributed by atoms with van der Waals surface area (Å²) in [6.07, 6.45) is 2.57. The zero-order valence-corrected chi connectivity index (χ0v) is 12.3. The Labute approximate surface area is 112 Å². The average Bonchev–Trinajstić information content (AvgIpc) is 2.29. The predicted molar refractivity (Wildman–Crippen MR) is 74.3 cm³/mol. The van der Waals surface area contributed by atoms with E-state index in [4.69, 9.17) is 4.74 Å². The van der Waals surface area contributed by atoms with Crippen LogP contribution in [0.15, 0.2) is 22.7 Å². The maximum absolute atomic E-state index is 10.1. The van der Waals surface area contributed by atoms with Crippen molar-refractivity contribution in [2.24, 2.45) is 5.92 Å². The molecule has 2 nitrogen and oxygen atoms in total. The number of ether oxygens (including phenoxy) is 1. The molecule has 0 aliphatic rings. The van der Waals surface area contributed by atoms with Crippen LogP contribution in [0.25, 0.3) is 0 Å². The SMILES string of the molecule is COc1ccc(Br)c(C(O)CCCC(C)C)c1. The van der Waals surface area contributed by atoms with Gasteiger partial charge in [-0.2, -0.15) is 0 Å². The topological polar surface area (TPSA) is 29.5 Å². The molecule has 1 unspecified atom stereocenters. The Kier molecular flexibility index (Phi) is 6.00. The third-order valence-electron chi connectivity index (χ3n) is 2.82. The summed E-state index contributed by atoms with van der Waals surface area (Å²) < 4.78 is 6.11. The van der Waals surface area contributed by atoms with Crippen LogP contribution in [-0.2, 0) is 0 Å². The fraction of sp³-hybridized carbons (Fsp3) is 0.571. The standard InChI is InChI=1S/C14H21BrO2/c1-10(2)5-4-6-14(16)12-9-11(17-3)7-8-13(12)15/h7-10,14,16H,4-6H2,1-3H3. The normalized spacial score (nSPS) is 12.8. The lowest BCUT2D eigenvalue weighted by atomic mass is 10.00. The Morgan fingerprint density at radius 2 is 2.00 bits per heavy atom. The molecule has 0 aromatic heterocycles. The number of halogens is 1. The zero-order valence-electron chi connectivity index (χ0n) is 10.7. The Hall–Kier alpha value is -0.540. The molecule has 1 aromatic rings. The van der Waals surface area contributed by atoms with Crippen molar-refractivity contribution in [1.29, 1.82) is 0 Å². The van der Waals surface area contributed by atoms with Crippen LogP contribution in [0.5, 0.6) is 5.75 Å². The number of rotatable bonds is 6. The molecule has 0 radical (unpaired) electrons. The summed E-state index contributed by atoms with van der Waals surface area (Å²) in [4.78, 5) is 0. The van der Waals surface area contributed by atoms with Crippen molar-refractivity contribution in [1.82, 2.24) is 0 Å². The number of benzene rings is 1. The van der Waals surface area contributed by atoms with Gasteiger partial charge in [-0.15, -0.1) is 0 Å².